The lowest BCUT2D eigenvalue weighted by atomic mass is 10.1. The molecule has 1 N–H and O–H groups in total. The van der Waals surface area contributed by atoms with E-state index in [-0.39, 0.29) is 22.2 Å². The van der Waals surface area contributed by atoms with Gasteiger partial charge in [0, 0.05) is 5.56 Å². The molecule has 7 nitrogen and oxygen atoms in total. The fraction of sp³-hybridized carbons (Fsp3) is 0.143. The number of rotatable bonds is 7. The molecule has 0 unspecified atom stereocenters. The highest BCUT2D eigenvalue weighted by atomic mass is 32.2. The summed E-state index contributed by atoms with van der Waals surface area (Å²) in [5, 5.41) is 4.06. The van der Waals surface area contributed by atoms with E-state index < -0.39 is 15.7 Å². The molecule has 0 radical (unpaired) electrons. The number of amides is 1. The van der Waals surface area contributed by atoms with Crippen LogP contribution in [0.1, 0.15) is 28.8 Å². The molecule has 0 aliphatic carbocycles. The first-order chi connectivity index (χ1) is 13.9. The monoisotopic (exact) mass is 412 g/mol. The molecule has 0 spiro atoms. The smallest absolute Gasteiger partial charge is 0.307 e. The molecule has 2 aromatic carbocycles. The van der Waals surface area contributed by atoms with Gasteiger partial charge in [-0.05, 0) is 43.3 Å². The van der Waals surface area contributed by atoms with Crippen molar-refractivity contribution < 1.29 is 22.4 Å². The van der Waals surface area contributed by atoms with Gasteiger partial charge >= 0.3 is 5.91 Å². The van der Waals surface area contributed by atoms with E-state index in [1.165, 1.54) is 24.3 Å². The number of carbonyl (C=O) groups excluding carboxylic acids is 1. The summed E-state index contributed by atoms with van der Waals surface area (Å²) >= 11 is 0. The number of carbonyl (C=O) groups is 1. The average molecular weight is 412 g/mol. The fourth-order valence-electron chi connectivity index (χ4n) is 2.58. The SMILES string of the molecule is COc1cccc(/C(C)=N\NC(=O)c2ccc(CS(=O)(=O)c3ccccc3)o2)c1. The van der Waals surface area contributed by atoms with Crippen molar-refractivity contribution in [1.29, 1.82) is 0 Å². The molecule has 1 heterocycles. The summed E-state index contributed by atoms with van der Waals surface area (Å²) < 4.78 is 35.4. The maximum Gasteiger partial charge on any atom is 0.307 e. The minimum atomic E-state index is -3.56. The lowest BCUT2D eigenvalue weighted by Gasteiger charge is -2.04. The number of nitrogens with one attached hydrogen (secondary N) is 1. The van der Waals surface area contributed by atoms with Gasteiger partial charge in [-0.3, -0.25) is 4.79 Å². The number of ether oxygens (including phenoxy) is 1. The van der Waals surface area contributed by atoms with Gasteiger partial charge in [0.25, 0.3) is 0 Å². The molecule has 0 saturated heterocycles. The molecule has 150 valence electrons. The Hall–Kier alpha value is -3.39. The van der Waals surface area contributed by atoms with E-state index in [1.54, 1.807) is 38.3 Å². The van der Waals surface area contributed by atoms with Crippen molar-refractivity contribution in [2.24, 2.45) is 5.10 Å². The Morgan fingerprint density at radius 1 is 1.07 bits per heavy atom. The summed E-state index contributed by atoms with van der Waals surface area (Å²) in [5.74, 6) is -0.0802. The molecular weight excluding hydrogens is 392 g/mol. The van der Waals surface area contributed by atoms with Gasteiger partial charge in [-0.25, -0.2) is 13.8 Å². The summed E-state index contributed by atoms with van der Waals surface area (Å²) in [4.78, 5) is 12.5. The molecule has 0 atom stereocenters. The maximum absolute atomic E-state index is 12.4. The third-order valence-corrected chi connectivity index (χ3v) is 5.79. The number of methoxy groups -OCH3 is 1. The summed E-state index contributed by atoms with van der Waals surface area (Å²) in [6.07, 6.45) is 0. The van der Waals surface area contributed by atoms with Crippen LogP contribution in [0.4, 0.5) is 0 Å². The van der Waals surface area contributed by atoms with E-state index in [0.717, 1.165) is 5.56 Å². The Morgan fingerprint density at radius 3 is 2.55 bits per heavy atom. The van der Waals surface area contributed by atoms with E-state index >= 15 is 0 Å². The number of hydrogen-bond acceptors (Lipinski definition) is 6. The first kappa shape index (κ1) is 20.3. The molecule has 0 fully saturated rings. The standard InChI is InChI=1S/C21H20N2O5S/c1-15(16-7-6-8-17(13-16)27-2)22-23-21(24)20-12-11-18(28-20)14-29(25,26)19-9-4-3-5-10-19/h3-13H,14H2,1-2H3,(H,23,24)/b22-15-. The second-order valence-corrected chi connectivity index (χ2v) is 8.20. The van der Waals surface area contributed by atoms with Gasteiger partial charge in [-0.1, -0.05) is 30.3 Å². The molecule has 1 amide bonds. The predicted molar refractivity (Wildman–Crippen MR) is 109 cm³/mol. The molecule has 8 heteroatoms. The Bertz CT molecular complexity index is 1130. The van der Waals surface area contributed by atoms with Crippen LogP contribution in [0.25, 0.3) is 0 Å². The van der Waals surface area contributed by atoms with E-state index in [0.29, 0.717) is 11.5 Å². The minimum absolute atomic E-state index is 0.0227. The van der Waals surface area contributed by atoms with Crippen LogP contribution in [-0.2, 0) is 15.6 Å². The number of nitrogens with zero attached hydrogens (tertiary/aromatic N) is 1. The molecule has 0 aliphatic rings. The molecule has 1 aromatic heterocycles. The molecule has 0 saturated carbocycles. The van der Waals surface area contributed by atoms with Gasteiger partial charge in [0.05, 0.1) is 17.7 Å². The maximum atomic E-state index is 12.4. The summed E-state index contributed by atoms with van der Waals surface area (Å²) in [5.41, 5.74) is 3.78. The number of furan rings is 1. The van der Waals surface area contributed by atoms with Crippen LogP contribution >= 0.6 is 0 Å². The van der Waals surface area contributed by atoms with E-state index in [1.807, 2.05) is 18.2 Å². The first-order valence-corrected chi connectivity index (χ1v) is 10.4. The lowest BCUT2D eigenvalue weighted by Crippen LogP contribution is -2.18. The van der Waals surface area contributed by atoms with Crippen LogP contribution in [0.15, 0.2) is 81.1 Å². The molecule has 3 rings (SSSR count). The van der Waals surface area contributed by atoms with Gasteiger partial charge in [0.1, 0.15) is 17.3 Å². The second kappa shape index (κ2) is 8.74. The second-order valence-electron chi connectivity index (χ2n) is 6.21. The zero-order valence-corrected chi connectivity index (χ0v) is 16.8. The van der Waals surface area contributed by atoms with Gasteiger partial charge in [0.15, 0.2) is 15.6 Å². The summed E-state index contributed by atoms with van der Waals surface area (Å²) in [7, 11) is -1.99. The van der Waals surface area contributed by atoms with Crippen LogP contribution in [0.2, 0.25) is 0 Å². The van der Waals surface area contributed by atoms with Crippen molar-refractivity contribution in [1.82, 2.24) is 5.43 Å². The third kappa shape index (κ3) is 5.11. The van der Waals surface area contributed by atoms with Crippen molar-refractivity contribution >= 4 is 21.5 Å². The highest BCUT2D eigenvalue weighted by Gasteiger charge is 2.19. The van der Waals surface area contributed by atoms with E-state index in [2.05, 4.69) is 10.5 Å². The van der Waals surface area contributed by atoms with Gasteiger partial charge < -0.3 is 9.15 Å². The Balaban J connectivity index is 1.68. The van der Waals surface area contributed by atoms with Crippen molar-refractivity contribution in [2.45, 2.75) is 17.6 Å². The largest absolute Gasteiger partial charge is 0.497 e. The highest BCUT2D eigenvalue weighted by molar-refractivity contribution is 7.90. The Kier molecular flexibility index (Phi) is 6.13. The normalized spacial score (nSPS) is 11.9. The van der Waals surface area contributed by atoms with Crippen LogP contribution in [-0.4, -0.2) is 27.1 Å². The van der Waals surface area contributed by atoms with Crippen LogP contribution in [0, 0.1) is 0 Å². The zero-order valence-electron chi connectivity index (χ0n) is 16.0. The van der Waals surface area contributed by atoms with Crippen molar-refractivity contribution in [3.05, 3.63) is 83.8 Å². The highest BCUT2D eigenvalue weighted by Crippen LogP contribution is 2.18. The Labute approximate surface area is 168 Å². The quantitative estimate of drug-likeness (QED) is 0.474. The number of hydrazone groups is 1. The number of sulfone groups is 1. The number of hydrogen-bond donors (Lipinski definition) is 1. The van der Waals surface area contributed by atoms with Gasteiger partial charge in [-0.15, -0.1) is 0 Å². The van der Waals surface area contributed by atoms with Gasteiger partial charge in [0.2, 0.25) is 0 Å². The molecule has 3 aromatic rings. The number of benzene rings is 2. The van der Waals surface area contributed by atoms with Crippen LogP contribution < -0.4 is 10.2 Å². The molecule has 0 aliphatic heterocycles. The van der Waals surface area contributed by atoms with Crippen LogP contribution in [0.3, 0.4) is 0 Å². The van der Waals surface area contributed by atoms with Crippen LogP contribution in [0.5, 0.6) is 5.75 Å². The summed E-state index contributed by atoms with van der Waals surface area (Å²) in [6, 6.07) is 18.2. The van der Waals surface area contributed by atoms with Crippen molar-refractivity contribution in [3.63, 3.8) is 0 Å². The average Bonchev–Trinajstić information content (AvgIpc) is 3.20. The molecule has 0 bridgehead atoms. The fourth-order valence-corrected chi connectivity index (χ4v) is 3.85. The van der Waals surface area contributed by atoms with Crippen molar-refractivity contribution in [3.8, 4) is 5.75 Å². The van der Waals surface area contributed by atoms with E-state index in [9.17, 15) is 13.2 Å². The first-order valence-electron chi connectivity index (χ1n) is 8.74. The zero-order chi connectivity index (χ0) is 20.9. The lowest BCUT2D eigenvalue weighted by molar-refractivity contribution is 0.0925. The predicted octanol–water partition coefficient (Wildman–Crippen LogP) is 3.42. The van der Waals surface area contributed by atoms with E-state index in [4.69, 9.17) is 9.15 Å². The summed E-state index contributed by atoms with van der Waals surface area (Å²) in [6.45, 7) is 1.75. The van der Waals surface area contributed by atoms with Gasteiger partial charge in [-0.2, -0.15) is 5.10 Å². The molecular formula is C21H20N2O5S. The van der Waals surface area contributed by atoms with Crippen molar-refractivity contribution in [2.75, 3.05) is 7.11 Å². The molecule has 29 heavy (non-hydrogen) atoms. The minimum Gasteiger partial charge on any atom is -0.497 e. The Morgan fingerprint density at radius 2 is 1.83 bits per heavy atom. The topological polar surface area (TPSA) is 98.0 Å². The third-order valence-electron chi connectivity index (χ3n) is 4.13.